The molecule has 4 aromatic carbocycles. The first kappa shape index (κ1) is 25.2. The van der Waals surface area contributed by atoms with Crippen molar-refractivity contribution in [3.63, 3.8) is 0 Å². The van der Waals surface area contributed by atoms with E-state index in [9.17, 15) is 9.59 Å². The molecule has 0 radical (unpaired) electrons. The van der Waals surface area contributed by atoms with E-state index in [0.29, 0.717) is 44.9 Å². The fourth-order valence-corrected chi connectivity index (χ4v) is 4.34. The van der Waals surface area contributed by atoms with Gasteiger partial charge in [-0.15, -0.1) is 0 Å². The third kappa shape index (κ3) is 5.43. The number of para-hydroxylation sites is 1. The smallest absolute Gasteiger partial charge is 0.339 e. The molecule has 0 unspecified atom stereocenters. The molecular formula is C32H24ClNO4. The summed E-state index contributed by atoms with van der Waals surface area (Å²) in [5.74, 6) is -0.201. The van der Waals surface area contributed by atoms with Crippen LogP contribution in [0.25, 0.3) is 22.2 Å². The van der Waals surface area contributed by atoms with Crippen LogP contribution in [-0.2, 0) is 4.74 Å². The third-order valence-electron chi connectivity index (χ3n) is 6.09. The van der Waals surface area contributed by atoms with Crippen LogP contribution in [0.1, 0.15) is 39.3 Å². The van der Waals surface area contributed by atoms with Crippen molar-refractivity contribution in [3.05, 3.63) is 131 Å². The average Bonchev–Trinajstić information content (AvgIpc) is 2.96. The number of benzene rings is 4. The Bertz CT molecular complexity index is 1580. The summed E-state index contributed by atoms with van der Waals surface area (Å²) in [6.45, 7) is 2.50. The Balaban J connectivity index is 1.55. The van der Waals surface area contributed by atoms with Crippen LogP contribution in [0.2, 0.25) is 5.02 Å². The maximum Gasteiger partial charge on any atom is 0.339 e. The van der Waals surface area contributed by atoms with Crippen LogP contribution in [0.4, 0.5) is 0 Å². The van der Waals surface area contributed by atoms with E-state index >= 15 is 0 Å². The lowest BCUT2D eigenvalue weighted by Gasteiger charge is -2.19. The van der Waals surface area contributed by atoms with Crippen molar-refractivity contribution in [3.8, 4) is 17.0 Å². The third-order valence-corrected chi connectivity index (χ3v) is 6.34. The molecule has 0 aliphatic rings. The molecule has 1 atom stereocenters. The molecule has 0 spiro atoms. The van der Waals surface area contributed by atoms with Crippen LogP contribution in [0, 0.1) is 0 Å². The topological polar surface area (TPSA) is 65.5 Å². The molecule has 0 saturated carbocycles. The number of carbonyl (C=O) groups excluding carboxylic acids is 2. The summed E-state index contributed by atoms with van der Waals surface area (Å²) in [7, 11) is 0. The predicted molar refractivity (Wildman–Crippen MR) is 149 cm³/mol. The summed E-state index contributed by atoms with van der Waals surface area (Å²) >= 11 is 6.08. The Morgan fingerprint density at radius 3 is 2.24 bits per heavy atom. The second kappa shape index (κ2) is 11.3. The van der Waals surface area contributed by atoms with Gasteiger partial charge in [-0.1, -0.05) is 72.3 Å². The van der Waals surface area contributed by atoms with Crippen molar-refractivity contribution in [1.29, 1.82) is 0 Å². The minimum absolute atomic E-state index is 0.319. The Hall–Kier alpha value is -4.48. The predicted octanol–water partition coefficient (Wildman–Crippen LogP) is 7.73. The van der Waals surface area contributed by atoms with Gasteiger partial charge in [0.25, 0.3) is 0 Å². The average molecular weight is 522 g/mol. The Labute approximate surface area is 225 Å². The first-order valence-corrected chi connectivity index (χ1v) is 12.6. The van der Waals surface area contributed by atoms with Gasteiger partial charge >= 0.3 is 5.97 Å². The molecule has 1 aromatic heterocycles. The van der Waals surface area contributed by atoms with Crippen LogP contribution >= 0.6 is 11.6 Å². The van der Waals surface area contributed by atoms with E-state index in [1.54, 1.807) is 54.6 Å². The number of ether oxygens (including phenoxy) is 2. The van der Waals surface area contributed by atoms with Crippen molar-refractivity contribution >= 4 is 34.3 Å². The quantitative estimate of drug-likeness (QED) is 0.154. The fourth-order valence-electron chi connectivity index (χ4n) is 4.22. The van der Waals surface area contributed by atoms with E-state index in [-0.39, 0.29) is 5.78 Å². The highest BCUT2D eigenvalue weighted by Crippen LogP contribution is 2.30. The first-order valence-electron chi connectivity index (χ1n) is 12.2. The lowest BCUT2D eigenvalue weighted by Crippen LogP contribution is -2.20. The first-order chi connectivity index (χ1) is 18.5. The van der Waals surface area contributed by atoms with Crippen LogP contribution in [-0.4, -0.2) is 23.3 Å². The summed E-state index contributed by atoms with van der Waals surface area (Å²) in [6, 6.07) is 32.1. The van der Waals surface area contributed by atoms with Gasteiger partial charge in [-0.2, -0.15) is 0 Å². The standard InChI is InChI=1S/C32H24ClNO4/c1-2-37-25-18-14-21(15-19-25)29-20-27(26-10-6-7-11-28(26)34-29)32(36)38-31(23-12-16-24(33)17-13-23)30(35)22-8-4-3-5-9-22/h3-20,31H,2H2,1H3/t31-/m0/s1. The van der Waals surface area contributed by atoms with Gasteiger partial charge in [-0.05, 0) is 55.5 Å². The Kier molecular flexibility index (Phi) is 7.47. The maximum atomic E-state index is 13.7. The van der Waals surface area contributed by atoms with E-state index in [1.165, 1.54) is 0 Å². The summed E-state index contributed by atoms with van der Waals surface area (Å²) in [6.07, 6.45) is -1.15. The zero-order chi connectivity index (χ0) is 26.5. The molecular weight excluding hydrogens is 498 g/mol. The molecule has 1 heterocycles. The molecule has 5 nitrogen and oxygen atoms in total. The van der Waals surface area contributed by atoms with Crippen LogP contribution in [0.3, 0.4) is 0 Å². The molecule has 0 saturated heterocycles. The highest BCUT2D eigenvalue weighted by Gasteiger charge is 2.28. The number of ketones is 1. The van der Waals surface area contributed by atoms with Gasteiger partial charge in [0.2, 0.25) is 5.78 Å². The largest absolute Gasteiger partial charge is 0.494 e. The van der Waals surface area contributed by atoms with Crippen molar-refractivity contribution < 1.29 is 19.1 Å². The molecule has 0 amide bonds. The number of fused-ring (bicyclic) bond motifs is 1. The van der Waals surface area contributed by atoms with E-state index in [0.717, 1.165) is 11.3 Å². The summed E-state index contributed by atoms with van der Waals surface area (Å²) in [5, 5.41) is 1.15. The fraction of sp³-hybridized carbons (Fsp3) is 0.0938. The molecule has 0 aliphatic carbocycles. The zero-order valence-corrected chi connectivity index (χ0v) is 21.4. The highest BCUT2D eigenvalue weighted by atomic mass is 35.5. The van der Waals surface area contributed by atoms with E-state index < -0.39 is 12.1 Å². The van der Waals surface area contributed by atoms with E-state index in [4.69, 9.17) is 26.1 Å². The van der Waals surface area contributed by atoms with Crippen LogP contribution in [0.5, 0.6) is 5.75 Å². The number of rotatable bonds is 8. The van der Waals surface area contributed by atoms with Gasteiger partial charge in [0.15, 0.2) is 6.10 Å². The summed E-state index contributed by atoms with van der Waals surface area (Å²) in [5.41, 5.74) is 3.36. The number of carbonyl (C=O) groups is 2. The van der Waals surface area contributed by atoms with Crippen molar-refractivity contribution in [2.75, 3.05) is 6.61 Å². The number of aromatic nitrogens is 1. The van der Waals surface area contributed by atoms with Gasteiger partial charge in [0.1, 0.15) is 5.75 Å². The second-order valence-corrected chi connectivity index (χ2v) is 9.03. The van der Waals surface area contributed by atoms with Crippen molar-refractivity contribution in [2.24, 2.45) is 0 Å². The Morgan fingerprint density at radius 1 is 0.842 bits per heavy atom. The summed E-state index contributed by atoms with van der Waals surface area (Å²) in [4.78, 5) is 32.0. The zero-order valence-electron chi connectivity index (χ0n) is 20.6. The molecule has 0 N–H and O–H groups in total. The molecule has 6 heteroatoms. The number of nitrogens with zero attached hydrogens (tertiary/aromatic N) is 1. The van der Waals surface area contributed by atoms with E-state index in [2.05, 4.69) is 0 Å². The number of hydrogen-bond donors (Lipinski definition) is 0. The molecule has 0 fully saturated rings. The normalized spacial score (nSPS) is 11.6. The maximum absolute atomic E-state index is 13.7. The van der Waals surface area contributed by atoms with Gasteiger partial charge < -0.3 is 9.47 Å². The number of Topliss-reactive ketones (excluding diaryl/α,β-unsaturated/α-hetero) is 1. The van der Waals surface area contributed by atoms with Crippen molar-refractivity contribution in [2.45, 2.75) is 13.0 Å². The van der Waals surface area contributed by atoms with E-state index in [1.807, 2.05) is 61.5 Å². The number of pyridine rings is 1. The molecule has 5 aromatic rings. The van der Waals surface area contributed by atoms with Crippen LogP contribution < -0.4 is 4.74 Å². The number of esters is 1. The number of halogens is 1. The van der Waals surface area contributed by atoms with Gasteiger partial charge in [0.05, 0.1) is 23.4 Å². The van der Waals surface area contributed by atoms with Crippen molar-refractivity contribution in [1.82, 2.24) is 4.98 Å². The Morgan fingerprint density at radius 2 is 1.53 bits per heavy atom. The van der Waals surface area contributed by atoms with Crippen LogP contribution in [0.15, 0.2) is 109 Å². The minimum Gasteiger partial charge on any atom is -0.494 e. The molecule has 188 valence electrons. The SMILES string of the molecule is CCOc1ccc(-c2cc(C(=O)O[C@H](C(=O)c3ccccc3)c3ccc(Cl)cc3)c3ccccc3n2)cc1. The lowest BCUT2D eigenvalue weighted by molar-refractivity contribution is 0.0282. The highest BCUT2D eigenvalue weighted by molar-refractivity contribution is 6.30. The number of hydrogen-bond acceptors (Lipinski definition) is 5. The lowest BCUT2D eigenvalue weighted by atomic mass is 9.99. The summed E-state index contributed by atoms with van der Waals surface area (Å²) < 4.78 is 11.5. The molecule has 0 aliphatic heterocycles. The second-order valence-electron chi connectivity index (χ2n) is 8.60. The monoisotopic (exact) mass is 521 g/mol. The van der Waals surface area contributed by atoms with Gasteiger partial charge in [0, 0.05) is 27.1 Å². The minimum atomic E-state index is -1.15. The molecule has 5 rings (SSSR count). The van der Waals surface area contributed by atoms with Gasteiger partial charge in [-0.25, -0.2) is 9.78 Å². The molecule has 0 bridgehead atoms. The molecule has 38 heavy (non-hydrogen) atoms. The van der Waals surface area contributed by atoms with Gasteiger partial charge in [-0.3, -0.25) is 4.79 Å².